The predicted octanol–water partition coefficient (Wildman–Crippen LogP) is 6.90. The summed E-state index contributed by atoms with van der Waals surface area (Å²) in [5, 5.41) is 24.5. The van der Waals surface area contributed by atoms with Gasteiger partial charge in [0, 0.05) is 16.6 Å². The summed E-state index contributed by atoms with van der Waals surface area (Å²) in [7, 11) is 0. The third-order valence-corrected chi connectivity index (χ3v) is 8.35. The van der Waals surface area contributed by atoms with E-state index in [-0.39, 0.29) is 44.1 Å². The lowest BCUT2D eigenvalue weighted by Gasteiger charge is -2.36. The fourth-order valence-corrected chi connectivity index (χ4v) is 5.95. The zero-order chi connectivity index (χ0) is 30.0. The molecule has 0 unspecified atom stereocenters. The third kappa shape index (κ3) is 7.31. The van der Waals surface area contributed by atoms with Gasteiger partial charge < -0.3 is 15.1 Å². The van der Waals surface area contributed by atoms with Crippen molar-refractivity contribution in [1.29, 1.82) is 0 Å². The van der Waals surface area contributed by atoms with E-state index in [4.69, 9.17) is 23.2 Å². The summed E-state index contributed by atoms with van der Waals surface area (Å²) in [6, 6.07) is 3.47. The lowest BCUT2D eigenvalue weighted by atomic mass is 9.74. The second kappa shape index (κ2) is 12.3. The molecule has 12 heteroatoms. The first-order valence-electron chi connectivity index (χ1n) is 13.2. The lowest BCUT2D eigenvalue weighted by molar-refractivity contribution is -0.152. The summed E-state index contributed by atoms with van der Waals surface area (Å²) in [5.74, 6) is -1.89. The predicted molar refractivity (Wildman–Crippen MR) is 147 cm³/mol. The molecule has 0 saturated heterocycles. The summed E-state index contributed by atoms with van der Waals surface area (Å²) in [6.07, 6.45) is -2.73. The average molecular weight is 607 g/mol. The SMILES string of the molecule is CC(C)(C)C[C@H](CO)N(CCc1c(Cl)cccc1Cl)C(=O)c1cnn(C2CCC(C)(C(=O)O)CC2)c1C(F)(F)F. The number of rotatable bonds is 9. The van der Waals surface area contributed by atoms with E-state index in [1.165, 1.54) is 4.90 Å². The van der Waals surface area contributed by atoms with E-state index in [1.807, 2.05) is 20.8 Å². The number of hydrogen-bond acceptors (Lipinski definition) is 4. The van der Waals surface area contributed by atoms with Crippen molar-refractivity contribution < 1.29 is 33.0 Å². The Labute approximate surface area is 242 Å². The van der Waals surface area contributed by atoms with Gasteiger partial charge >= 0.3 is 12.1 Å². The standard InChI is InChI=1S/C28H36Cl2F3N3O4/c1-26(2,3)14-18(16-37)35(13-10-19-21(29)6-5-7-22(19)30)24(38)20-15-34-36(23(20)28(31,32)33)17-8-11-27(4,12-9-17)25(39)40/h5-7,15,17-18,37H,8-14,16H2,1-4H3,(H,39,40)/t17?,18-,27?/m1/s1. The molecule has 2 aromatic rings. The number of aliphatic carboxylic acids is 1. The number of aliphatic hydroxyl groups is 1. The van der Waals surface area contributed by atoms with Gasteiger partial charge in [-0.1, -0.05) is 50.0 Å². The molecular weight excluding hydrogens is 570 g/mol. The van der Waals surface area contributed by atoms with Gasteiger partial charge in [0.1, 0.15) is 0 Å². The summed E-state index contributed by atoms with van der Waals surface area (Å²) in [5.41, 5.74) is -2.60. The summed E-state index contributed by atoms with van der Waals surface area (Å²) >= 11 is 12.6. The first-order chi connectivity index (χ1) is 18.5. The van der Waals surface area contributed by atoms with Crippen LogP contribution in [0.15, 0.2) is 24.4 Å². The maximum atomic E-state index is 14.5. The molecule has 1 fully saturated rings. The molecule has 7 nitrogen and oxygen atoms in total. The normalized spacial score (nSPS) is 20.8. The van der Waals surface area contributed by atoms with E-state index in [0.717, 1.165) is 10.9 Å². The molecule has 40 heavy (non-hydrogen) atoms. The third-order valence-electron chi connectivity index (χ3n) is 7.64. The van der Waals surface area contributed by atoms with Crippen molar-refractivity contribution in [2.24, 2.45) is 10.8 Å². The Kier molecular flexibility index (Phi) is 9.90. The molecule has 0 radical (unpaired) electrons. The Morgan fingerprint density at radius 1 is 1.18 bits per heavy atom. The van der Waals surface area contributed by atoms with Gasteiger partial charge in [0.25, 0.3) is 5.91 Å². The monoisotopic (exact) mass is 605 g/mol. The fraction of sp³-hybridized carbons (Fsp3) is 0.607. The van der Waals surface area contributed by atoms with Crippen LogP contribution in [-0.2, 0) is 17.4 Å². The molecule has 1 saturated carbocycles. The average Bonchev–Trinajstić information content (AvgIpc) is 3.30. The van der Waals surface area contributed by atoms with Gasteiger partial charge in [-0.3, -0.25) is 14.3 Å². The molecule has 1 aromatic carbocycles. The Bertz CT molecular complexity index is 1200. The number of carboxylic acid groups (broad SMARTS) is 1. The number of alkyl halides is 3. The minimum atomic E-state index is -4.90. The number of carboxylic acids is 1. The van der Waals surface area contributed by atoms with Crippen molar-refractivity contribution in [1.82, 2.24) is 14.7 Å². The first kappa shape index (κ1) is 32.2. The Morgan fingerprint density at radius 3 is 2.23 bits per heavy atom. The van der Waals surface area contributed by atoms with Crippen LogP contribution >= 0.6 is 23.2 Å². The summed E-state index contributed by atoms with van der Waals surface area (Å²) in [4.78, 5) is 26.8. The largest absolute Gasteiger partial charge is 0.481 e. The van der Waals surface area contributed by atoms with Gasteiger partial charge in [-0.15, -0.1) is 0 Å². The fourth-order valence-electron chi connectivity index (χ4n) is 5.36. The minimum absolute atomic E-state index is 0.0353. The molecule has 1 heterocycles. The quantitative estimate of drug-likeness (QED) is 0.324. The van der Waals surface area contributed by atoms with Crippen LogP contribution in [0.2, 0.25) is 10.0 Å². The van der Waals surface area contributed by atoms with Crippen molar-refractivity contribution in [3.8, 4) is 0 Å². The number of hydrogen-bond donors (Lipinski definition) is 2. The van der Waals surface area contributed by atoms with Crippen LogP contribution in [0.4, 0.5) is 13.2 Å². The highest BCUT2D eigenvalue weighted by molar-refractivity contribution is 6.36. The van der Waals surface area contributed by atoms with Gasteiger partial charge in [0.15, 0.2) is 5.69 Å². The molecule has 3 rings (SSSR count). The maximum Gasteiger partial charge on any atom is 0.433 e. The van der Waals surface area contributed by atoms with Crippen molar-refractivity contribution in [3.05, 3.63) is 51.3 Å². The highest BCUT2D eigenvalue weighted by Gasteiger charge is 2.45. The van der Waals surface area contributed by atoms with Crippen LogP contribution in [0.3, 0.4) is 0 Å². The van der Waals surface area contributed by atoms with Crippen molar-refractivity contribution >= 4 is 35.1 Å². The summed E-state index contributed by atoms with van der Waals surface area (Å²) < 4.78 is 44.3. The van der Waals surface area contributed by atoms with E-state index in [1.54, 1.807) is 25.1 Å². The molecule has 1 amide bonds. The topological polar surface area (TPSA) is 95.7 Å². The van der Waals surface area contributed by atoms with E-state index < -0.39 is 53.4 Å². The Hall–Kier alpha value is -2.30. The highest BCUT2D eigenvalue weighted by Crippen LogP contribution is 2.43. The minimum Gasteiger partial charge on any atom is -0.481 e. The smallest absolute Gasteiger partial charge is 0.433 e. The van der Waals surface area contributed by atoms with Crippen LogP contribution < -0.4 is 0 Å². The molecule has 222 valence electrons. The molecule has 1 aliphatic rings. The maximum absolute atomic E-state index is 14.5. The number of aliphatic hydroxyl groups excluding tert-OH is 1. The second-order valence-corrected chi connectivity index (χ2v) is 12.8. The van der Waals surface area contributed by atoms with E-state index in [2.05, 4.69) is 5.10 Å². The number of amides is 1. The van der Waals surface area contributed by atoms with E-state index in [0.29, 0.717) is 22.0 Å². The Balaban J connectivity index is 2.01. The van der Waals surface area contributed by atoms with E-state index in [9.17, 15) is 33.0 Å². The molecule has 0 aliphatic heterocycles. The zero-order valence-corrected chi connectivity index (χ0v) is 24.6. The molecule has 0 bridgehead atoms. The van der Waals surface area contributed by atoms with Gasteiger partial charge in [0.2, 0.25) is 0 Å². The van der Waals surface area contributed by atoms with Crippen molar-refractivity contribution in [3.63, 3.8) is 0 Å². The van der Waals surface area contributed by atoms with Gasteiger partial charge in [-0.05, 0) is 68.6 Å². The van der Waals surface area contributed by atoms with Crippen LogP contribution in [0.25, 0.3) is 0 Å². The van der Waals surface area contributed by atoms with Crippen LogP contribution in [0, 0.1) is 10.8 Å². The number of benzene rings is 1. The van der Waals surface area contributed by atoms with Crippen molar-refractivity contribution in [2.75, 3.05) is 13.2 Å². The first-order valence-corrected chi connectivity index (χ1v) is 14.0. The molecule has 1 aromatic heterocycles. The number of carbonyl (C=O) groups is 2. The van der Waals surface area contributed by atoms with Crippen molar-refractivity contribution in [2.45, 2.75) is 84.5 Å². The van der Waals surface area contributed by atoms with Crippen LogP contribution in [-0.4, -0.2) is 56.0 Å². The molecule has 1 atom stereocenters. The molecule has 1 aliphatic carbocycles. The molecule has 0 spiro atoms. The second-order valence-electron chi connectivity index (χ2n) is 12.0. The Morgan fingerprint density at radius 2 is 1.75 bits per heavy atom. The van der Waals surface area contributed by atoms with Gasteiger partial charge in [-0.2, -0.15) is 18.3 Å². The summed E-state index contributed by atoms with van der Waals surface area (Å²) in [6.45, 7) is 6.84. The highest BCUT2D eigenvalue weighted by atomic mass is 35.5. The lowest BCUT2D eigenvalue weighted by Crippen LogP contribution is -2.46. The van der Waals surface area contributed by atoms with Gasteiger partial charge in [0.05, 0.1) is 35.9 Å². The number of halogens is 5. The van der Waals surface area contributed by atoms with Crippen LogP contribution in [0.1, 0.15) is 87.5 Å². The molecular formula is C28H36Cl2F3N3O4. The van der Waals surface area contributed by atoms with Gasteiger partial charge in [-0.25, -0.2) is 0 Å². The van der Waals surface area contributed by atoms with Crippen LogP contribution in [0.5, 0.6) is 0 Å². The zero-order valence-electron chi connectivity index (χ0n) is 23.1. The number of carbonyl (C=O) groups excluding carboxylic acids is 1. The molecule has 2 N–H and O–H groups in total. The number of nitrogens with zero attached hydrogens (tertiary/aromatic N) is 3. The number of aromatic nitrogens is 2. The van der Waals surface area contributed by atoms with E-state index >= 15 is 0 Å².